The summed E-state index contributed by atoms with van der Waals surface area (Å²) in [4.78, 5) is 0. The lowest BCUT2D eigenvalue weighted by atomic mass is 9.88. The van der Waals surface area contributed by atoms with Crippen LogP contribution < -0.4 is 0 Å². The first-order valence-electron chi connectivity index (χ1n) is 7.42. The molecule has 3 heteroatoms. The van der Waals surface area contributed by atoms with Crippen LogP contribution in [0.5, 0.6) is 17.2 Å². The van der Waals surface area contributed by atoms with E-state index in [1.165, 1.54) is 22.8 Å². The fourth-order valence-corrected chi connectivity index (χ4v) is 2.96. The highest BCUT2D eigenvalue weighted by molar-refractivity contribution is 5.78. The lowest BCUT2D eigenvalue weighted by Gasteiger charge is -2.18. The molecular weight excluding hydrogens is 264 g/mol. The standard InChI is InChI=1S/C18H22O3/c1-4-11-7-8-14(13(6-3)12(11)5-2)15-9-10-16(19)18(21)17(15)20/h7-10,19-21H,4-6H2,1-3H3. The maximum Gasteiger partial charge on any atom is 0.200 e. The minimum atomic E-state index is -0.466. The largest absolute Gasteiger partial charge is 0.504 e. The highest BCUT2D eigenvalue weighted by Gasteiger charge is 2.17. The maximum atomic E-state index is 10.1. The van der Waals surface area contributed by atoms with Crippen molar-refractivity contribution in [3.05, 3.63) is 41.0 Å². The van der Waals surface area contributed by atoms with E-state index in [1.807, 2.05) is 6.07 Å². The molecule has 3 N–H and O–H groups in total. The molecule has 0 aliphatic heterocycles. The third kappa shape index (κ3) is 2.56. The minimum Gasteiger partial charge on any atom is -0.504 e. The van der Waals surface area contributed by atoms with Gasteiger partial charge in [0.05, 0.1) is 0 Å². The summed E-state index contributed by atoms with van der Waals surface area (Å²) in [5.41, 5.74) is 5.29. The van der Waals surface area contributed by atoms with E-state index >= 15 is 0 Å². The van der Waals surface area contributed by atoms with E-state index in [4.69, 9.17) is 0 Å². The minimum absolute atomic E-state index is 0.268. The van der Waals surface area contributed by atoms with Crippen molar-refractivity contribution in [1.82, 2.24) is 0 Å². The summed E-state index contributed by atoms with van der Waals surface area (Å²) in [7, 11) is 0. The molecule has 2 aromatic rings. The van der Waals surface area contributed by atoms with Gasteiger partial charge in [-0.2, -0.15) is 0 Å². The first kappa shape index (κ1) is 15.2. The molecular formula is C18H22O3. The molecule has 0 saturated heterocycles. The molecule has 2 rings (SSSR count). The molecule has 0 heterocycles. The summed E-state index contributed by atoms with van der Waals surface area (Å²) < 4.78 is 0. The predicted octanol–water partition coefficient (Wildman–Crippen LogP) is 4.16. The Morgan fingerprint density at radius 2 is 1.29 bits per heavy atom. The van der Waals surface area contributed by atoms with Gasteiger partial charge in [0.1, 0.15) is 0 Å². The fourth-order valence-electron chi connectivity index (χ4n) is 2.96. The topological polar surface area (TPSA) is 60.7 Å². The van der Waals surface area contributed by atoms with Gasteiger partial charge >= 0.3 is 0 Å². The zero-order valence-electron chi connectivity index (χ0n) is 12.8. The Kier molecular flexibility index (Phi) is 4.41. The summed E-state index contributed by atoms with van der Waals surface area (Å²) >= 11 is 0. The number of phenolic OH excluding ortho intramolecular Hbond substituents is 3. The molecule has 0 fully saturated rings. The van der Waals surface area contributed by atoms with Crippen molar-refractivity contribution in [1.29, 1.82) is 0 Å². The lowest BCUT2D eigenvalue weighted by molar-refractivity contribution is 0.369. The molecule has 0 radical (unpaired) electrons. The fraction of sp³-hybridized carbons (Fsp3) is 0.333. The van der Waals surface area contributed by atoms with E-state index in [-0.39, 0.29) is 11.5 Å². The van der Waals surface area contributed by atoms with Gasteiger partial charge in [-0.1, -0.05) is 32.9 Å². The predicted molar refractivity (Wildman–Crippen MR) is 85.0 cm³/mol. The first-order chi connectivity index (χ1) is 10.0. The van der Waals surface area contributed by atoms with Crippen LogP contribution in [0.1, 0.15) is 37.5 Å². The van der Waals surface area contributed by atoms with Gasteiger partial charge in [0.25, 0.3) is 0 Å². The zero-order valence-corrected chi connectivity index (χ0v) is 12.8. The SMILES string of the molecule is CCc1ccc(-c2ccc(O)c(O)c2O)c(CC)c1CC. The first-order valence-corrected chi connectivity index (χ1v) is 7.42. The summed E-state index contributed by atoms with van der Waals surface area (Å²) in [6.45, 7) is 6.36. The monoisotopic (exact) mass is 286 g/mol. The average Bonchev–Trinajstić information content (AvgIpc) is 2.51. The lowest BCUT2D eigenvalue weighted by Crippen LogP contribution is -2.00. The van der Waals surface area contributed by atoms with Crippen molar-refractivity contribution in [3.8, 4) is 28.4 Å². The van der Waals surface area contributed by atoms with Crippen LogP contribution in [0.15, 0.2) is 24.3 Å². The molecule has 112 valence electrons. The molecule has 3 nitrogen and oxygen atoms in total. The van der Waals surface area contributed by atoms with Crippen molar-refractivity contribution in [2.24, 2.45) is 0 Å². The van der Waals surface area contributed by atoms with Crippen LogP contribution in [-0.2, 0) is 19.3 Å². The quantitative estimate of drug-likeness (QED) is 0.740. The number of hydrogen-bond donors (Lipinski definition) is 3. The smallest absolute Gasteiger partial charge is 0.200 e. The maximum absolute atomic E-state index is 10.1. The number of phenols is 3. The van der Waals surface area contributed by atoms with Crippen LogP contribution in [-0.4, -0.2) is 15.3 Å². The van der Waals surface area contributed by atoms with Crippen LogP contribution in [0.3, 0.4) is 0 Å². The summed E-state index contributed by atoms with van der Waals surface area (Å²) in [5.74, 6) is -1.04. The van der Waals surface area contributed by atoms with E-state index in [2.05, 4.69) is 26.8 Å². The number of hydrogen-bond acceptors (Lipinski definition) is 3. The second kappa shape index (κ2) is 6.08. The normalized spacial score (nSPS) is 10.8. The Morgan fingerprint density at radius 1 is 0.667 bits per heavy atom. The Balaban J connectivity index is 2.73. The van der Waals surface area contributed by atoms with E-state index < -0.39 is 5.75 Å². The number of aryl methyl sites for hydroxylation is 1. The van der Waals surface area contributed by atoms with E-state index in [0.29, 0.717) is 5.56 Å². The van der Waals surface area contributed by atoms with E-state index in [0.717, 1.165) is 24.8 Å². The Bertz CT molecular complexity index is 660. The van der Waals surface area contributed by atoms with Crippen LogP contribution in [0.25, 0.3) is 11.1 Å². The van der Waals surface area contributed by atoms with Gasteiger partial charge in [-0.15, -0.1) is 0 Å². The van der Waals surface area contributed by atoms with Crippen molar-refractivity contribution in [3.63, 3.8) is 0 Å². The summed E-state index contributed by atoms with van der Waals surface area (Å²) in [5, 5.41) is 29.3. The van der Waals surface area contributed by atoms with Gasteiger partial charge in [0.2, 0.25) is 5.75 Å². The number of aromatic hydroxyl groups is 3. The van der Waals surface area contributed by atoms with E-state index in [1.54, 1.807) is 6.07 Å². The molecule has 0 bridgehead atoms. The Hall–Kier alpha value is -2.16. The average molecular weight is 286 g/mol. The molecule has 0 amide bonds. The van der Waals surface area contributed by atoms with E-state index in [9.17, 15) is 15.3 Å². The molecule has 21 heavy (non-hydrogen) atoms. The van der Waals surface area contributed by atoms with Crippen molar-refractivity contribution in [2.75, 3.05) is 0 Å². The Morgan fingerprint density at radius 3 is 1.86 bits per heavy atom. The molecule has 2 aromatic carbocycles. The summed E-state index contributed by atoms with van der Waals surface area (Å²) in [6.07, 6.45) is 2.77. The van der Waals surface area contributed by atoms with Crippen molar-refractivity contribution in [2.45, 2.75) is 40.0 Å². The van der Waals surface area contributed by atoms with Gasteiger partial charge in [0.15, 0.2) is 11.5 Å². The molecule has 0 saturated carbocycles. The molecule has 0 atom stereocenters. The van der Waals surface area contributed by atoms with Crippen LogP contribution >= 0.6 is 0 Å². The molecule has 0 aliphatic rings. The third-order valence-corrected chi connectivity index (χ3v) is 4.04. The van der Waals surface area contributed by atoms with Gasteiger partial charge < -0.3 is 15.3 Å². The van der Waals surface area contributed by atoms with Gasteiger partial charge in [-0.05, 0) is 53.6 Å². The second-order valence-corrected chi connectivity index (χ2v) is 5.12. The zero-order chi connectivity index (χ0) is 15.6. The summed E-state index contributed by atoms with van der Waals surface area (Å²) in [6, 6.07) is 7.12. The van der Waals surface area contributed by atoms with Crippen LogP contribution in [0.4, 0.5) is 0 Å². The molecule has 0 spiro atoms. The molecule has 0 aromatic heterocycles. The second-order valence-electron chi connectivity index (χ2n) is 5.12. The third-order valence-electron chi connectivity index (χ3n) is 4.04. The number of benzene rings is 2. The highest BCUT2D eigenvalue weighted by atomic mass is 16.3. The van der Waals surface area contributed by atoms with Gasteiger partial charge in [-0.3, -0.25) is 0 Å². The van der Waals surface area contributed by atoms with Crippen LogP contribution in [0, 0.1) is 0 Å². The number of rotatable bonds is 4. The highest BCUT2D eigenvalue weighted by Crippen LogP contribution is 2.43. The van der Waals surface area contributed by atoms with Crippen molar-refractivity contribution < 1.29 is 15.3 Å². The van der Waals surface area contributed by atoms with Crippen molar-refractivity contribution >= 4 is 0 Å². The molecule has 0 unspecified atom stereocenters. The Labute approximate surface area is 125 Å². The van der Waals surface area contributed by atoms with Gasteiger partial charge in [-0.25, -0.2) is 0 Å². The van der Waals surface area contributed by atoms with Gasteiger partial charge in [0, 0.05) is 5.56 Å². The van der Waals surface area contributed by atoms with Crippen LogP contribution in [0.2, 0.25) is 0 Å². The molecule has 0 aliphatic carbocycles.